The van der Waals surface area contributed by atoms with E-state index in [1.807, 2.05) is 6.08 Å². The van der Waals surface area contributed by atoms with Gasteiger partial charge in [0.25, 0.3) is 0 Å². The second-order valence-electron chi connectivity index (χ2n) is 8.58. The van der Waals surface area contributed by atoms with E-state index in [-0.39, 0.29) is 5.60 Å². The fourth-order valence-electron chi connectivity index (χ4n) is 6.83. The van der Waals surface area contributed by atoms with Crippen LogP contribution < -0.4 is 0 Å². The van der Waals surface area contributed by atoms with E-state index in [9.17, 15) is 4.79 Å². The molecule has 2 nitrogen and oxygen atoms in total. The maximum atomic E-state index is 11.7. The highest BCUT2D eigenvalue weighted by Gasteiger charge is 2.68. The molecule has 1 heterocycles. The van der Waals surface area contributed by atoms with Crippen molar-refractivity contribution in [2.24, 2.45) is 29.1 Å². The minimum absolute atomic E-state index is 0.279. The van der Waals surface area contributed by atoms with Crippen molar-refractivity contribution in [1.82, 2.24) is 0 Å². The second-order valence-corrected chi connectivity index (χ2v) is 8.58. The highest BCUT2D eigenvalue weighted by atomic mass is 16.6. The number of ether oxygens (including phenoxy) is 1. The van der Waals surface area contributed by atoms with E-state index < -0.39 is 0 Å². The molecule has 21 heavy (non-hydrogen) atoms. The van der Waals surface area contributed by atoms with E-state index in [4.69, 9.17) is 4.74 Å². The lowest BCUT2D eigenvalue weighted by molar-refractivity contribution is -0.116. The number of hydrogen-bond acceptors (Lipinski definition) is 2. The summed E-state index contributed by atoms with van der Waals surface area (Å²) in [4.78, 5) is 11.7. The standard InChI is InChI=1S/C19H26O2/c1-18-8-6-15-14-5-3-13(20)10-12(14)2-4-16(15)17(18)7-9-19(18)11-21-19/h10,14-17H,2-9,11H2,1H3/t14-,15+,16+,17+,18+,19+/m0/s1. The first-order valence-corrected chi connectivity index (χ1v) is 9.00. The second kappa shape index (κ2) is 4.01. The van der Waals surface area contributed by atoms with E-state index in [1.165, 1.54) is 44.1 Å². The summed E-state index contributed by atoms with van der Waals surface area (Å²) in [6.07, 6.45) is 11.9. The van der Waals surface area contributed by atoms with E-state index in [0.717, 1.165) is 43.1 Å². The van der Waals surface area contributed by atoms with E-state index in [1.54, 1.807) is 0 Å². The third kappa shape index (κ3) is 1.55. The molecule has 0 N–H and O–H groups in total. The van der Waals surface area contributed by atoms with E-state index in [2.05, 4.69) is 6.92 Å². The number of epoxide rings is 1. The molecule has 5 rings (SSSR count). The van der Waals surface area contributed by atoms with Gasteiger partial charge in [-0.3, -0.25) is 4.79 Å². The Hall–Kier alpha value is -0.630. The van der Waals surface area contributed by atoms with Crippen molar-refractivity contribution in [3.63, 3.8) is 0 Å². The third-order valence-corrected chi connectivity index (χ3v) is 8.08. The summed E-state index contributed by atoms with van der Waals surface area (Å²) in [5.41, 5.74) is 2.24. The lowest BCUT2D eigenvalue weighted by Gasteiger charge is -2.53. The minimum atomic E-state index is 0.279. The molecule has 4 fully saturated rings. The highest BCUT2D eigenvalue weighted by molar-refractivity contribution is 5.91. The molecule has 6 atom stereocenters. The summed E-state index contributed by atoms with van der Waals surface area (Å²) in [5, 5.41) is 0. The Kier molecular flexibility index (Phi) is 2.46. The molecule has 0 bridgehead atoms. The summed E-state index contributed by atoms with van der Waals surface area (Å²) in [7, 11) is 0. The van der Waals surface area contributed by atoms with Gasteiger partial charge in [0, 0.05) is 11.8 Å². The van der Waals surface area contributed by atoms with Crippen LogP contribution >= 0.6 is 0 Å². The van der Waals surface area contributed by atoms with Gasteiger partial charge in [0.05, 0.1) is 12.2 Å². The van der Waals surface area contributed by atoms with Crippen molar-refractivity contribution in [3.05, 3.63) is 11.6 Å². The molecule has 114 valence electrons. The normalized spacial score (nSPS) is 54.7. The Morgan fingerprint density at radius 1 is 1.10 bits per heavy atom. The quantitative estimate of drug-likeness (QED) is 0.632. The van der Waals surface area contributed by atoms with E-state index in [0.29, 0.717) is 11.2 Å². The maximum Gasteiger partial charge on any atom is 0.155 e. The predicted octanol–water partition coefficient (Wildman–Crippen LogP) is 3.90. The highest BCUT2D eigenvalue weighted by Crippen LogP contribution is 2.69. The van der Waals surface area contributed by atoms with Crippen molar-refractivity contribution in [2.45, 2.75) is 63.9 Å². The van der Waals surface area contributed by atoms with Gasteiger partial charge in [-0.2, -0.15) is 0 Å². The van der Waals surface area contributed by atoms with Crippen LogP contribution in [0.1, 0.15) is 58.3 Å². The summed E-state index contributed by atoms with van der Waals surface area (Å²) >= 11 is 0. The smallest absolute Gasteiger partial charge is 0.155 e. The summed E-state index contributed by atoms with van der Waals surface area (Å²) in [5.74, 6) is 3.78. The van der Waals surface area contributed by atoms with Gasteiger partial charge in [0.15, 0.2) is 5.78 Å². The van der Waals surface area contributed by atoms with Gasteiger partial charge in [-0.25, -0.2) is 0 Å². The molecule has 0 unspecified atom stereocenters. The Balaban J connectivity index is 1.47. The zero-order chi connectivity index (χ0) is 14.2. The molecule has 0 aromatic rings. The number of carbonyl (C=O) groups is 1. The molecule has 0 amide bonds. The Morgan fingerprint density at radius 2 is 1.95 bits per heavy atom. The van der Waals surface area contributed by atoms with Crippen LogP contribution in [-0.4, -0.2) is 18.0 Å². The van der Waals surface area contributed by atoms with Crippen LogP contribution in [0.4, 0.5) is 0 Å². The van der Waals surface area contributed by atoms with Gasteiger partial charge < -0.3 is 4.74 Å². The largest absolute Gasteiger partial charge is 0.369 e. The first-order valence-electron chi connectivity index (χ1n) is 9.00. The minimum Gasteiger partial charge on any atom is -0.369 e. The molecule has 1 spiro atoms. The average molecular weight is 286 g/mol. The van der Waals surface area contributed by atoms with Crippen LogP contribution in [0, 0.1) is 29.1 Å². The fourth-order valence-corrected chi connectivity index (χ4v) is 6.83. The number of rotatable bonds is 0. The number of allylic oxidation sites excluding steroid dienone is 1. The topological polar surface area (TPSA) is 29.6 Å². The van der Waals surface area contributed by atoms with Gasteiger partial charge in [-0.1, -0.05) is 12.5 Å². The van der Waals surface area contributed by atoms with Crippen LogP contribution in [0.2, 0.25) is 0 Å². The molecule has 5 aliphatic rings. The lowest BCUT2D eigenvalue weighted by Crippen LogP contribution is -2.48. The van der Waals surface area contributed by atoms with Gasteiger partial charge in [0.1, 0.15) is 0 Å². The Labute approximate surface area is 127 Å². The molecular formula is C19H26O2. The monoisotopic (exact) mass is 286 g/mol. The van der Waals surface area contributed by atoms with Crippen LogP contribution in [0.5, 0.6) is 0 Å². The number of carbonyl (C=O) groups excluding carboxylic acids is 1. The molecule has 4 aliphatic carbocycles. The van der Waals surface area contributed by atoms with Crippen LogP contribution in [-0.2, 0) is 9.53 Å². The zero-order valence-electron chi connectivity index (χ0n) is 13.1. The average Bonchev–Trinajstić information content (AvgIpc) is 3.20. The number of fused-ring (bicyclic) bond motifs is 6. The summed E-state index contributed by atoms with van der Waals surface area (Å²) in [6.45, 7) is 3.56. The predicted molar refractivity (Wildman–Crippen MR) is 80.8 cm³/mol. The molecule has 2 heteroatoms. The Morgan fingerprint density at radius 3 is 2.76 bits per heavy atom. The van der Waals surface area contributed by atoms with Crippen molar-refractivity contribution in [1.29, 1.82) is 0 Å². The summed E-state index contributed by atoms with van der Waals surface area (Å²) in [6, 6.07) is 0. The molecule has 0 aromatic carbocycles. The molecule has 0 aromatic heterocycles. The first-order chi connectivity index (χ1) is 10.1. The van der Waals surface area contributed by atoms with Crippen molar-refractivity contribution in [2.75, 3.05) is 6.61 Å². The molecule has 1 saturated heterocycles. The maximum absolute atomic E-state index is 11.7. The van der Waals surface area contributed by atoms with Gasteiger partial charge in [-0.05, 0) is 74.7 Å². The van der Waals surface area contributed by atoms with Crippen LogP contribution in [0.15, 0.2) is 11.6 Å². The van der Waals surface area contributed by atoms with E-state index >= 15 is 0 Å². The number of hydrogen-bond donors (Lipinski definition) is 0. The fraction of sp³-hybridized carbons (Fsp3) is 0.842. The van der Waals surface area contributed by atoms with Crippen molar-refractivity contribution >= 4 is 5.78 Å². The van der Waals surface area contributed by atoms with Crippen LogP contribution in [0.25, 0.3) is 0 Å². The lowest BCUT2D eigenvalue weighted by atomic mass is 9.51. The van der Waals surface area contributed by atoms with Crippen LogP contribution in [0.3, 0.4) is 0 Å². The first kappa shape index (κ1) is 12.9. The third-order valence-electron chi connectivity index (χ3n) is 8.08. The Bertz CT molecular complexity index is 530. The SMILES string of the molecule is C[C@@]12CC[C@H]3[C@@H](CCC4=CC(=O)CC[C@@H]43)[C@H]1CC[C@@]21CO1. The van der Waals surface area contributed by atoms with Gasteiger partial charge in [0.2, 0.25) is 0 Å². The van der Waals surface area contributed by atoms with Gasteiger partial charge >= 0.3 is 0 Å². The molecule has 0 radical (unpaired) electrons. The number of ketones is 1. The molecular weight excluding hydrogens is 260 g/mol. The zero-order valence-corrected chi connectivity index (χ0v) is 13.1. The summed E-state index contributed by atoms with van der Waals surface area (Å²) < 4.78 is 5.97. The van der Waals surface area contributed by atoms with Gasteiger partial charge in [-0.15, -0.1) is 0 Å². The molecule has 3 saturated carbocycles. The van der Waals surface area contributed by atoms with Crippen molar-refractivity contribution < 1.29 is 9.53 Å². The van der Waals surface area contributed by atoms with Crippen molar-refractivity contribution in [3.8, 4) is 0 Å². The molecule has 1 aliphatic heterocycles.